The number of phenolic OH excluding ortho intramolecular Hbond substituents is 1. The van der Waals surface area contributed by atoms with Crippen LogP contribution < -0.4 is 5.32 Å². The maximum atomic E-state index is 13.3. The number of fused-ring (bicyclic) bond motifs is 1. The molecular weight excluding hydrogens is 459 g/mol. The lowest BCUT2D eigenvalue weighted by atomic mass is 10.0. The number of rotatable bonds is 7. The Morgan fingerprint density at radius 3 is 2.56 bits per heavy atom. The van der Waals surface area contributed by atoms with Crippen LogP contribution >= 0.6 is 0 Å². The molecule has 0 saturated carbocycles. The summed E-state index contributed by atoms with van der Waals surface area (Å²) in [7, 11) is -3.65. The summed E-state index contributed by atoms with van der Waals surface area (Å²) in [6.07, 6.45) is 6.86. The van der Waals surface area contributed by atoms with E-state index in [1.54, 1.807) is 35.3 Å². The third-order valence-electron chi connectivity index (χ3n) is 5.48. The fraction of sp³-hybridized carbons (Fsp3) is 0.208. The van der Waals surface area contributed by atoms with Crippen molar-refractivity contribution in [2.45, 2.75) is 30.7 Å². The molecule has 0 bridgehead atoms. The van der Waals surface area contributed by atoms with E-state index in [4.69, 9.17) is 0 Å². The third kappa shape index (κ3) is 4.62. The van der Waals surface area contributed by atoms with Gasteiger partial charge in [0.2, 0.25) is 0 Å². The van der Waals surface area contributed by atoms with Gasteiger partial charge in [0, 0.05) is 17.8 Å². The summed E-state index contributed by atoms with van der Waals surface area (Å²) in [5.74, 6) is -1.10. The van der Waals surface area contributed by atoms with Crippen LogP contribution in [0.3, 0.4) is 0 Å². The first kappa shape index (κ1) is 23.4. The van der Waals surface area contributed by atoms with Crippen LogP contribution in [0.1, 0.15) is 41.7 Å². The lowest BCUT2D eigenvalue weighted by Gasteiger charge is -2.20. The van der Waals surface area contributed by atoms with Crippen molar-refractivity contribution in [2.75, 3.05) is 6.26 Å². The van der Waals surface area contributed by atoms with Gasteiger partial charge in [0.1, 0.15) is 16.5 Å². The van der Waals surface area contributed by atoms with Gasteiger partial charge in [-0.15, -0.1) is 0 Å². The maximum Gasteiger partial charge on any atom is 0.254 e. The van der Waals surface area contributed by atoms with Crippen molar-refractivity contribution in [3.05, 3.63) is 78.0 Å². The maximum absolute atomic E-state index is 13.3. The van der Waals surface area contributed by atoms with Gasteiger partial charge in [-0.2, -0.15) is 5.10 Å². The Kier molecular flexibility index (Phi) is 6.34. The van der Waals surface area contributed by atoms with Crippen molar-refractivity contribution >= 4 is 26.6 Å². The van der Waals surface area contributed by atoms with Gasteiger partial charge in [-0.1, -0.05) is 19.4 Å². The van der Waals surface area contributed by atoms with E-state index in [9.17, 15) is 22.7 Å². The zero-order chi connectivity index (χ0) is 24.5. The molecule has 1 amide bonds. The number of amides is 1. The Bertz CT molecular complexity index is 1470. The molecule has 34 heavy (non-hydrogen) atoms. The Morgan fingerprint density at radius 2 is 1.88 bits per heavy atom. The van der Waals surface area contributed by atoms with Gasteiger partial charge in [0.25, 0.3) is 5.91 Å². The Labute approximate surface area is 196 Å². The summed E-state index contributed by atoms with van der Waals surface area (Å²) >= 11 is 0. The minimum absolute atomic E-state index is 0.190. The van der Waals surface area contributed by atoms with E-state index in [1.807, 2.05) is 6.92 Å². The minimum atomic E-state index is -3.65. The molecular formula is C24H23FN4O4S. The summed E-state index contributed by atoms with van der Waals surface area (Å²) in [5.41, 5.74) is 2.07. The molecule has 0 radical (unpaired) electrons. The molecule has 1 atom stereocenters. The first-order valence-electron chi connectivity index (χ1n) is 10.6. The van der Waals surface area contributed by atoms with Crippen LogP contribution in [0.25, 0.3) is 16.6 Å². The Hall–Kier alpha value is -3.79. The SMILES string of the molecule is CCCC(NC(=O)c1cncc2c1cnn2-c1ccc(F)cc1)c1ccc(O)c(S(C)(=O)=O)c1. The van der Waals surface area contributed by atoms with Crippen LogP contribution in [-0.2, 0) is 9.84 Å². The highest BCUT2D eigenvalue weighted by atomic mass is 32.2. The molecule has 4 rings (SSSR count). The second-order valence-electron chi connectivity index (χ2n) is 7.97. The van der Waals surface area contributed by atoms with Crippen molar-refractivity contribution in [3.8, 4) is 11.4 Å². The van der Waals surface area contributed by atoms with Crippen LogP contribution in [0.2, 0.25) is 0 Å². The number of halogens is 1. The molecule has 2 heterocycles. The number of carbonyl (C=O) groups excluding carboxylic acids is 1. The number of hydrogen-bond donors (Lipinski definition) is 2. The van der Waals surface area contributed by atoms with Gasteiger partial charge >= 0.3 is 0 Å². The summed E-state index contributed by atoms with van der Waals surface area (Å²) in [6.45, 7) is 1.95. The predicted molar refractivity (Wildman–Crippen MR) is 125 cm³/mol. The smallest absolute Gasteiger partial charge is 0.254 e. The minimum Gasteiger partial charge on any atom is -0.507 e. The number of aromatic nitrogens is 3. The predicted octanol–water partition coefficient (Wildman–Crippen LogP) is 3.94. The third-order valence-corrected chi connectivity index (χ3v) is 6.61. The molecule has 0 aliphatic rings. The van der Waals surface area contributed by atoms with E-state index in [1.165, 1.54) is 30.5 Å². The average Bonchev–Trinajstić information content (AvgIpc) is 3.23. The van der Waals surface area contributed by atoms with Crippen LogP contribution in [0, 0.1) is 5.82 Å². The van der Waals surface area contributed by atoms with E-state index in [0.29, 0.717) is 34.1 Å². The van der Waals surface area contributed by atoms with Crippen molar-refractivity contribution in [2.24, 2.45) is 0 Å². The van der Waals surface area contributed by atoms with Crippen LogP contribution in [-0.4, -0.2) is 40.5 Å². The summed E-state index contributed by atoms with van der Waals surface area (Å²) < 4.78 is 38.9. The quantitative estimate of drug-likeness (QED) is 0.412. The number of phenols is 1. The van der Waals surface area contributed by atoms with Gasteiger partial charge < -0.3 is 10.4 Å². The number of hydrogen-bond acceptors (Lipinski definition) is 6. The zero-order valence-corrected chi connectivity index (χ0v) is 19.4. The van der Waals surface area contributed by atoms with Crippen molar-refractivity contribution < 1.29 is 22.7 Å². The Balaban J connectivity index is 1.68. The average molecular weight is 483 g/mol. The van der Waals surface area contributed by atoms with Crippen LogP contribution in [0.4, 0.5) is 4.39 Å². The van der Waals surface area contributed by atoms with E-state index < -0.39 is 21.8 Å². The second kappa shape index (κ2) is 9.22. The highest BCUT2D eigenvalue weighted by molar-refractivity contribution is 7.90. The molecule has 8 nitrogen and oxygen atoms in total. The molecule has 176 valence electrons. The summed E-state index contributed by atoms with van der Waals surface area (Å²) in [5, 5.41) is 17.8. The van der Waals surface area contributed by atoms with Gasteiger partial charge in [-0.05, 0) is 48.4 Å². The van der Waals surface area contributed by atoms with Crippen LogP contribution in [0.5, 0.6) is 5.75 Å². The lowest BCUT2D eigenvalue weighted by Crippen LogP contribution is -2.29. The molecule has 2 N–H and O–H groups in total. The van der Waals surface area contributed by atoms with Gasteiger partial charge in [0.05, 0.1) is 35.2 Å². The van der Waals surface area contributed by atoms with Gasteiger partial charge in [0.15, 0.2) is 9.84 Å². The summed E-state index contributed by atoms with van der Waals surface area (Å²) in [4.78, 5) is 17.2. The van der Waals surface area contributed by atoms with Crippen molar-refractivity contribution in [3.63, 3.8) is 0 Å². The highest BCUT2D eigenvalue weighted by Gasteiger charge is 2.22. The Morgan fingerprint density at radius 1 is 1.15 bits per heavy atom. The largest absolute Gasteiger partial charge is 0.507 e. The fourth-order valence-corrected chi connectivity index (χ4v) is 4.60. The first-order valence-corrected chi connectivity index (χ1v) is 12.5. The molecule has 0 fully saturated rings. The molecule has 1 unspecified atom stereocenters. The number of aromatic hydroxyl groups is 1. The molecule has 10 heteroatoms. The summed E-state index contributed by atoms with van der Waals surface area (Å²) in [6, 6.07) is 9.62. The van der Waals surface area contributed by atoms with E-state index in [2.05, 4.69) is 15.4 Å². The van der Waals surface area contributed by atoms with Gasteiger partial charge in [-0.25, -0.2) is 17.5 Å². The molecule has 0 saturated heterocycles. The number of sulfone groups is 1. The van der Waals surface area contributed by atoms with E-state index in [-0.39, 0.29) is 16.5 Å². The number of nitrogens with zero attached hydrogens (tertiary/aromatic N) is 3. The topological polar surface area (TPSA) is 114 Å². The fourth-order valence-electron chi connectivity index (χ4n) is 3.80. The van der Waals surface area contributed by atoms with Gasteiger partial charge in [-0.3, -0.25) is 9.78 Å². The number of nitrogens with one attached hydrogen (secondary N) is 1. The van der Waals surface area contributed by atoms with E-state index >= 15 is 0 Å². The van der Waals surface area contributed by atoms with Crippen molar-refractivity contribution in [1.82, 2.24) is 20.1 Å². The number of benzene rings is 2. The lowest BCUT2D eigenvalue weighted by molar-refractivity contribution is 0.0936. The molecule has 2 aromatic heterocycles. The molecule has 4 aromatic rings. The number of pyridine rings is 1. The molecule has 2 aromatic carbocycles. The monoisotopic (exact) mass is 482 g/mol. The molecule has 0 spiro atoms. The standard InChI is InChI=1S/C24H23FN4O4S/c1-3-4-20(15-5-10-22(30)23(11-15)34(2,32)33)28-24(31)19-12-26-14-21-18(19)13-27-29(21)17-8-6-16(25)7-9-17/h5-14,20,30H,3-4H2,1-2H3,(H,28,31). The molecule has 0 aliphatic carbocycles. The normalized spacial score (nSPS) is 12.6. The number of carbonyl (C=O) groups is 1. The first-order chi connectivity index (χ1) is 16.2. The molecule has 0 aliphatic heterocycles. The van der Waals surface area contributed by atoms with Crippen LogP contribution in [0.15, 0.2) is 66.0 Å². The zero-order valence-electron chi connectivity index (χ0n) is 18.6. The second-order valence-corrected chi connectivity index (χ2v) is 9.95. The van der Waals surface area contributed by atoms with E-state index in [0.717, 1.165) is 12.7 Å². The van der Waals surface area contributed by atoms with Crippen molar-refractivity contribution in [1.29, 1.82) is 0 Å². The highest BCUT2D eigenvalue weighted by Crippen LogP contribution is 2.29.